The molecule has 1 aromatic rings. The summed E-state index contributed by atoms with van der Waals surface area (Å²) in [4.78, 5) is 32.8. The van der Waals surface area contributed by atoms with Crippen LogP contribution >= 0.6 is 7.60 Å². The molecule has 0 radical (unpaired) electrons. The van der Waals surface area contributed by atoms with Gasteiger partial charge in [-0.05, 0) is 43.2 Å². The third-order valence-corrected chi connectivity index (χ3v) is 6.53. The molecular formula is C15H21N2O4P. The van der Waals surface area contributed by atoms with Gasteiger partial charge in [0, 0.05) is 12.7 Å². The van der Waals surface area contributed by atoms with E-state index in [1.165, 1.54) is 0 Å². The molecule has 6 nitrogen and oxygen atoms in total. The Hall–Kier alpha value is -1.36. The lowest BCUT2D eigenvalue weighted by molar-refractivity contribution is 0.0700. The second-order valence-corrected chi connectivity index (χ2v) is 8.24. The van der Waals surface area contributed by atoms with Crippen molar-refractivity contribution in [3.63, 3.8) is 0 Å². The second kappa shape index (κ2) is 5.37. The average Bonchev–Trinajstić information content (AvgIpc) is 2.71. The molecule has 0 saturated heterocycles. The van der Waals surface area contributed by atoms with Gasteiger partial charge in [-0.2, -0.15) is 0 Å². The highest BCUT2D eigenvalue weighted by atomic mass is 31.2. The Morgan fingerprint density at radius 1 is 1.23 bits per heavy atom. The summed E-state index contributed by atoms with van der Waals surface area (Å²) in [6.45, 7) is 0. The van der Waals surface area contributed by atoms with Crippen molar-refractivity contribution in [3.8, 4) is 0 Å². The summed E-state index contributed by atoms with van der Waals surface area (Å²) in [6, 6.07) is 5.49. The van der Waals surface area contributed by atoms with Crippen LogP contribution < -0.4 is 5.73 Å². The van der Waals surface area contributed by atoms with Crippen LogP contribution in [0, 0.1) is 5.92 Å². The van der Waals surface area contributed by atoms with Gasteiger partial charge in [-0.15, -0.1) is 0 Å². The number of amides is 1. The summed E-state index contributed by atoms with van der Waals surface area (Å²) in [6.07, 6.45) is 2.44. The Balaban J connectivity index is 1.84. The van der Waals surface area contributed by atoms with Crippen molar-refractivity contribution in [2.45, 2.75) is 37.4 Å². The molecule has 1 heterocycles. The Kier molecular flexibility index (Phi) is 3.79. The minimum absolute atomic E-state index is 0.0382. The first-order chi connectivity index (χ1) is 10.3. The molecular weight excluding hydrogens is 303 g/mol. The van der Waals surface area contributed by atoms with Crippen molar-refractivity contribution >= 4 is 19.2 Å². The summed E-state index contributed by atoms with van der Waals surface area (Å²) >= 11 is 0. The van der Waals surface area contributed by atoms with E-state index in [1.54, 1.807) is 18.0 Å². The molecule has 1 fully saturated rings. The van der Waals surface area contributed by atoms with Crippen LogP contribution in [0.2, 0.25) is 0 Å². The van der Waals surface area contributed by atoms with Gasteiger partial charge in [-0.3, -0.25) is 9.36 Å². The predicted molar refractivity (Wildman–Crippen MR) is 83.5 cm³/mol. The maximum absolute atomic E-state index is 12.4. The van der Waals surface area contributed by atoms with Crippen molar-refractivity contribution in [3.05, 3.63) is 29.3 Å². The zero-order valence-corrected chi connectivity index (χ0v) is 13.4. The molecule has 2 aliphatic rings. The first kappa shape index (κ1) is 15.5. The smallest absolute Gasteiger partial charge is 0.328 e. The van der Waals surface area contributed by atoms with Crippen LogP contribution in [0.15, 0.2) is 18.2 Å². The van der Waals surface area contributed by atoms with Crippen molar-refractivity contribution in [1.82, 2.24) is 4.90 Å². The van der Waals surface area contributed by atoms with E-state index in [-0.39, 0.29) is 17.9 Å². The van der Waals surface area contributed by atoms with Crippen LogP contribution in [0.4, 0.5) is 5.69 Å². The summed E-state index contributed by atoms with van der Waals surface area (Å²) in [7, 11) is -2.22. The largest absolute Gasteiger partial charge is 0.398 e. The van der Waals surface area contributed by atoms with Gasteiger partial charge in [0.05, 0.1) is 17.3 Å². The number of hydrogen-bond acceptors (Lipinski definition) is 3. The van der Waals surface area contributed by atoms with E-state index >= 15 is 0 Å². The SMILES string of the molecule is CN1C(=O)c2c(N)cccc2C1C1CCC(P(=O)(O)O)CC1. The fraction of sp³-hybridized carbons (Fsp3) is 0.533. The van der Waals surface area contributed by atoms with Crippen molar-refractivity contribution < 1.29 is 19.1 Å². The summed E-state index contributed by atoms with van der Waals surface area (Å²) in [5.74, 6) is 0.162. The number of hydrogen-bond donors (Lipinski definition) is 3. The minimum Gasteiger partial charge on any atom is -0.398 e. The average molecular weight is 324 g/mol. The second-order valence-electron chi connectivity index (χ2n) is 6.33. The fourth-order valence-corrected chi connectivity index (χ4v) is 4.89. The highest BCUT2D eigenvalue weighted by Crippen LogP contribution is 2.52. The number of carbonyl (C=O) groups is 1. The maximum Gasteiger partial charge on any atom is 0.328 e. The monoisotopic (exact) mass is 324 g/mol. The van der Waals surface area contributed by atoms with Gasteiger partial charge in [0.25, 0.3) is 5.91 Å². The first-order valence-corrected chi connectivity index (χ1v) is 9.19. The van der Waals surface area contributed by atoms with E-state index < -0.39 is 13.3 Å². The molecule has 1 aliphatic heterocycles. The van der Waals surface area contributed by atoms with Crippen molar-refractivity contribution in [2.24, 2.45) is 5.92 Å². The van der Waals surface area contributed by atoms with E-state index in [1.807, 2.05) is 12.1 Å². The Morgan fingerprint density at radius 3 is 2.45 bits per heavy atom. The molecule has 1 aliphatic carbocycles. The number of rotatable bonds is 2. The van der Waals surface area contributed by atoms with E-state index in [2.05, 4.69) is 0 Å². The zero-order chi connectivity index (χ0) is 16.1. The standard InChI is InChI=1S/C15H21N2O4P/c1-17-14(9-5-7-10(8-6-9)22(19,20)21)11-3-2-4-12(16)13(11)15(17)18/h2-4,9-10,14H,5-8,16H2,1H3,(H2,19,20,21). The molecule has 120 valence electrons. The lowest BCUT2D eigenvalue weighted by atomic mass is 9.81. The van der Waals surface area contributed by atoms with E-state index in [0.29, 0.717) is 36.9 Å². The van der Waals surface area contributed by atoms with Crippen molar-refractivity contribution in [1.29, 1.82) is 0 Å². The molecule has 0 spiro atoms. The summed E-state index contributed by atoms with van der Waals surface area (Å²) in [5, 5.41) is 0. The normalized spacial score (nSPS) is 28.8. The number of nitrogens with zero attached hydrogens (tertiary/aromatic N) is 1. The van der Waals surface area contributed by atoms with Crippen LogP contribution in [0.1, 0.15) is 47.6 Å². The van der Waals surface area contributed by atoms with Gasteiger partial charge < -0.3 is 20.4 Å². The van der Waals surface area contributed by atoms with Crippen LogP contribution in [0.3, 0.4) is 0 Å². The molecule has 1 saturated carbocycles. The topological polar surface area (TPSA) is 104 Å². The number of anilines is 1. The molecule has 1 amide bonds. The minimum atomic E-state index is -4.00. The molecule has 22 heavy (non-hydrogen) atoms. The molecule has 4 N–H and O–H groups in total. The van der Waals surface area contributed by atoms with Gasteiger partial charge in [-0.25, -0.2) is 0 Å². The Bertz CT molecular complexity index is 649. The lowest BCUT2D eigenvalue weighted by Gasteiger charge is -2.35. The van der Waals surface area contributed by atoms with E-state index in [9.17, 15) is 19.1 Å². The number of nitrogens with two attached hydrogens (primary N) is 1. The fourth-order valence-electron chi connectivity index (χ4n) is 3.92. The van der Waals surface area contributed by atoms with Crippen LogP contribution in [0.25, 0.3) is 0 Å². The number of benzene rings is 1. The molecule has 1 unspecified atom stereocenters. The van der Waals surface area contributed by atoms with Crippen LogP contribution in [-0.2, 0) is 4.57 Å². The van der Waals surface area contributed by atoms with Gasteiger partial charge in [0.2, 0.25) is 0 Å². The molecule has 3 rings (SSSR count). The van der Waals surface area contributed by atoms with Gasteiger partial charge in [-0.1, -0.05) is 12.1 Å². The quantitative estimate of drug-likeness (QED) is 0.571. The number of fused-ring (bicyclic) bond motifs is 1. The number of carbonyl (C=O) groups excluding carboxylic acids is 1. The third kappa shape index (κ3) is 2.45. The van der Waals surface area contributed by atoms with E-state index in [4.69, 9.17) is 5.73 Å². The third-order valence-electron chi connectivity index (χ3n) is 5.06. The summed E-state index contributed by atoms with van der Waals surface area (Å²) < 4.78 is 11.4. The van der Waals surface area contributed by atoms with Gasteiger partial charge >= 0.3 is 7.60 Å². The zero-order valence-electron chi connectivity index (χ0n) is 12.5. The Morgan fingerprint density at radius 2 is 1.86 bits per heavy atom. The van der Waals surface area contributed by atoms with Gasteiger partial charge in [0.15, 0.2) is 0 Å². The van der Waals surface area contributed by atoms with Crippen LogP contribution in [0.5, 0.6) is 0 Å². The van der Waals surface area contributed by atoms with Crippen LogP contribution in [-0.4, -0.2) is 33.3 Å². The molecule has 0 aromatic heterocycles. The molecule has 0 bridgehead atoms. The molecule has 1 aromatic carbocycles. The Labute approximate surface area is 129 Å². The number of nitrogen functional groups attached to an aromatic ring is 1. The molecule has 7 heteroatoms. The predicted octanol–water partition coefficient (Wildman–Crippen LogP) is 2.13. The maximum atomic E-state index is 12.4. The first-order valence-electron chi connectivity index (χ1n) is 7.51. The lowest BCUT2D eigenvalue weighted by Crippen LogP contribution is -2.31. The van der Waals surface area contributed by atoms with E-state index in [0.717, 1.165) is 5.56 Å². The summed E-state index contributed by atoms with van der Waals surface area (Å²) in [5.41, 5.74) is 7.45. The van der Waals surface area contributed by atoms with Crippen molar-refractivity contribution in [2.75, 3.05) is 12.8 Å². The molecule has 1 atom stereocenters. The highest BCUT2D eigenvalue weighted by molar-refractivity contribution is 7.52. The highest BCUT2D eigenvalue weighted by Gasteiger charge is 2.43. The van der Waals surface area contributed by atoms with Gasteiger partial charge in [0.1, 0.15) is 0 Å².